The van der Waals surface area contributed by atoms with Crippen molar-refractivity contribution < 1.29 is 9.72 Å². The monoisotopic (exact) mass is 266 g/mol. The molecule has 0 aliphatic rings. The predicted octanol–water partition coefficient (Wildman–Crippen LogP) is -1.31. The van der Waals surface area contributed by atoms with Gasteiger partial charge in [-0.15, -0.1) is 5.10 Å². The molecule has 2 rings (SSSR count). The highest BCUT2D eigenvalue weighted by atomic mass is 16.6. The number of carbonyl (C=O) groups is 1. The van der Waals surface area contributed by atoms with Gasteiger partial charge in [0.1, 0.15) is 12.4 Å². The molecule has 0 radical (unpaired) electrons. The largest absolute Gasteiger partial charge is 0.306 e. The van der Waals surface area contributed by atoms with Crippen LogP contribution in [0.3, 0.4) is 0 Å². The summed E-state index contributed by atoms with van der Waals surface area (Å²) in [7, 11) is 0. The molecule has 0 aromatic carbocycles. The van der Waals surface area contributed by atoms with Gasteiger partial charge in [0.15, 0.2) is 5.69 Å². The van der Waals surface area contributed by atoms with Gasteiger partial charge in [-0.1, -0.05) is 5.21 Å². The molecule has 2 heterocycles. The maximum Gasteiger partial charge on any atom is 0.306 e. The van der Waals surface area contributed by atoms with E-state index in [1.54, 1.807) is 0 Å². The molecule has 0 saturated heterocycles. The van der Waals surface area contributed by atoms with Crippen molar-refractivity contribution in [3.63, 3.8) is 0 Å². The quantitative estimate of drug-likeness (QED) is 0.295. The van der Waals surface area contributed by atoms with Crippen molar-refractivity contribution in [1.82, 2.24) is 30.2 Å². The summed E-state index contributed by atoms with van der Waals surface area (Å²) >= 11 is 0. The molecule has 0 atom stereocenters. The van der Waals surface area contributed by atoms with Gasteiger partial charge in [0.05, 0.1) is 24.2 Å². The molecule has 0 aliphatic heterocycles. The van der Waals surface area contributed by atoms with Crippen LogP contribution < -0.4 is 11.3 Å². The van der Waals surface area contributed by atoms with Crippen molar-refractivity contribution in [2.45, 2.75) is 13.1 Å². The molecule has 0 bridgehead atoms. The Labute approximate surface area is 106 Å². The highest BCUT2D eigenvalue weighted by molar-refractivity contribution is 5.91. The first kappa shape index (κ1) is 12.6. The van der Waals surface area contributed by atoms with Gasteiger partial charge in [0, 0.05) is 0 Å². The second kappa shape index (κ2) is 5.22. The third-order valence-electron chi connectivity index (χ3n) is 2.29. The van der Waals surface area contributed by atoms with Crippen LogP contribution >= 0.6 is 0 Å². The summed E-state index contributed by atoms with van der Waals surface area (Å²) in [6, 6.07) is 0. The van der Waals surface area contributed by atoms with E-state index in [9.17, 15) is 14.9 Å². The average molecular weight is 266 g/mol. The van der Waals surface area contributed by atoms with Gasteiger partial charge >= 0.3 is 5.69 Å². The maximum atomic E-state index is 11.1. The summed E-state index contributed by atoms with van der Waals surface area (Å²) in [6.45, 7) is 0.727. The first-order chi connectivity index (χ1) is 9.10. The Balaban J connectivity index is 1.96. The fourth-order valence-electron chi connectivity index (χ4n) is 1.36. The average Bonchev–Trinajstić information content (AvgIpc) is 3.04. The van der Waals surface area contributed by atoms with Gasteiger partial charge in [0.2, 0.25) is 0 Å². The van der Waals surface area contributed by atoms with Crippen molar-refractivity contribution in [1.29, 1.82) is 0 Å². The number of aryl methyl sites for hydroxylation is 2. The van der Waals surface area contributed by atoms with Crippen LogP contribution in [-0.4, -0.2) is 35.6 Å². The predicted molar refractivity (Wildman–Crippen MR) is 60.6 cm³/mol. The third kappa shape index (κ3) is 2.90. The number of aromatic nitrogens is 5. The number of nitrogens with zero attached hydrogens (tertiary/aromatic N) is 6. The number of nitrogen functional groups attached to an aromatic ring is 1. The van der Waals surface area contributed by atoms with E-state index in [0.717, 1.165) is 6.20 Å². The number of nitrogens with two attached hydrogens (primary N) is 1. The minimum Gasteiger partial charge on any atom is -0.289 e. The Morgan fingerprint density at radius 3 is 2.79 bits per heavy atom. The number of hydrogen-bond donors (Lipinski definition) is 2. The molecule has 1 amide bonds. The first-order valence-electron chi connectivity index (χ1n) is 5.18. The van der Waals surface area contributed by atoms with Crippen LogP contribution in [0.4, 0.5) is 5.69 Å². The minimum absolute atomic E-state index is 0.0817. The fraction of sp³-hybridized carbons (Fsp3) is 0.250. The Kier molecular flexibility index (Phi) is 3.47. The van der Waals surface area contributed by atoms with E-state index in [1.165, 1.54) is 21.8 Å². The van der Waals surface area contributed by atoms with E-state index in [-0.39, 0.29) is 11.4 Å². The molecular formula is C8H10N8O3. The summed E-state index contributed by atoms with van der Waals surface area (Å²) in [5.41, 5.74) is 1.95. The number of nitrogens with one attached hydrogen (secondary N) is 1. The van der Waals surface area contributed by atoms with Crippen molar-refractivity contribution in [2.75, 3.05) is 0 Å². The van der Waals surface area contributed by atoms with Crippen LogP contribution in [0, 0.1) is 10.1 Å². The smallest absolute Gasteiger partial charge is 0.289 e. The van der Waals surface area contributed by atoms with Gasteiger partial charge in [-0.25, -0.2) is 10.5 Å². The molecule has 100 valence electrons. The molecule has 0 fully saturated rings. The molecule has 0 spiro atoms. The Hall–Kier alpha value is -2.82. The van der Waals surface area contributed by atoms with Crippen LogP contribution in [0.15, 0.2) is 18.6 Å². The van der Waals surface area contributed by atoms with Gasteiger partial charge in [0.25, 0.3) is 5.91 Å². The number of rotatable bonds is 5. The summed E-state index contributed by atoms with van der Waals surface area (Å²) in [6.07, 6.45) is 3.89. The first-order valence-corrected chi connectivity index (χ1v) is 5.18. The highest BCUT2D eigenvalue weighted by Crippen LogP contribution is 2.07. The molecule has 2 aromatic heterocycles. The molecule has 0 aliphatic carbocycles. The Morgan fingerprint density at radius 1 is 1.42 bits per heavy atom. The SMILES string of the molecule is NNC(=O)c1cn(CCn2cc([N+](=O)[O-])cn2)nn1. The topological polar surface area (TPSA) is 147 Å². The number of hydrogen-bond acceptors (Lipinski definition) is 7. The van der Waals surface area contributed by atoms with Crippen molar-refractivity contribution in [3.8, 4) is 0 Å². The molecule has 3 N–H and O–H groups in total. The highest BCUT2D eigenvalue weighted by Gasteiger charge is 2.10. The van der Waals surface area contributed by atoms with Crippen LogP contribution in [0.5, 0.6) is 0 Å². The van der Waals surface area contributed by atoms with E-state index in [1.807, 2.05) is 5.43 Å². The fourth-order valence-corrected chi connectivity index (χ4v) is 1.36. The van der Waals surface area contributed by atoms with Crippen LogP contribution in [-0.2, 0) is 13.1 Å². The van der Waals surface area contributed by atoms with Crippen molar-refractivity contribution in [2.24, 2.45) is 5.84 Å². The lowest BCUT2D eigenvalue weighted by molar-refractivity contribution is -0.385. The standard InChI is InChI=1S/C8H10N8O3/c9-11-8(17)7-5-15(13-12-7)2-1-14-4-6(3-10-14)16(18)19/h3-5H,1-2,9H2,(H,11,17). The maximum absolute atomic E-state index is 11.1. The minimum atomic E-state index is -0.541. The summed E-state index contributed by atoms with van der Waals surface area (Å²) in [5.74, 6) is 4.41. The van der Waals surface area contributed by atoms with Gasteiger partial charge < -0.3 is 0 Å². The number of amides is 1. The van der Waals surface area contributed by atoms with Gasteiger partial charge in [-0.05, 0) is 0 Å². The second-order valence-electron chi connectivity index (χ2n) is 3.56. The lowest BCUT2D eigenvalue weighted by Gasteiger charge is -1.99. The number of hydrazine groups is 1. The summed E-state index contributed by atoms with van der Waals surface area (Å²) in [5, 5.41) is 21.6. The zero-order chi connectivity index (χ0) is 13.8. The summed E-state index contributed by atoms with van der Waals surface area (Å²) < 4.78 is 2.82. The van der Waals surface area contributed by atoms with Crippen LogP contribution in [0.2, 0.25) is 0 Å². The zero-order valence-corrected chi connectivity index (χ0v) is 9.63. The van der Waals surface area contributed by atoms with Crippen molar-refractivity contribution >= 4 is 11.6 Å². The number of carbonyl (C=O) groups excluding carboxylic acids is 1. The van der Waals surface area contributed by atoms with E-state index in [4.69, 9.17) is 5.84 Å². The third-order valence-corrected chi connectivity index (χ3v) is 2.29. The molecular weight excluding hydrogens is 256 g/mol. The van der Waals surface area contributed by atoms with Crippen molar-refractivity contribution in [3.05, 3.63) is 34.4 Å². The number of nitro groups is 1. The second-order valence-corrected chi connectivity index (χ2v) is 3.56. The van der Waals surface area contributed by atoms with E-state index in [2.05, 4.69) is 15.4 Å². The van der Waals surface area contributed by atoms with Gasteiger partial charge in [-0.2, -0.15) is 5.10 Å². The van der Waals surface area contributed by atoms with E-state index in [0.29, 0.717) is 13.1 Å². The molecule has 0 saturated carbocycles. The Morgan fingerprint density at radius 2 is 2.16 bits per heavy atom. The zero-order valence-electron chi connectivity index (χ0n) is 9.63. The molecule has 11 nitrogen and oxygen atoms in total. The van der Waals surface area contributed by atoms with E-state index >= 15 is 0 Å². The summed E-state index contributed by atoms with van der Waals surface area (Å²) in [4.78, 5) is 21.1. The molecule has 2 aromatic rings. The lowest BCUT2D eigenvalue weighted by atomic mass is 10.4. The normalized spacial score (nSPS) is 10.4. The molecule has 11 heteroatoms. The van der Waals surface area contributed by atoms with Crippen LogP contribution in [0.25, 0.3) is 0 Å². The molecule has 19 heavy (non-hydrogen) atoms. The Bertz CT molecular complexity index is 603. The van der Waals surface area contributed by atoms with Crippen LogP contribution in [0.1, 0.15) is 10.5 Å². The van der Waals surface area contributed by atoms with Gasteiger partial charge in [-0.3, -0.25) is 25.0 Å². The molecule has 0 unspecified atom stereocenters. The van der Waals surface area contributed by atoms with E-state index < -0.39 is 10.8 Å². The lowest BCUT2D eigenvalue weighted by Crippen LogP contribution is -2.30.